The van der Waals surface area contributed by atoms with Crippen LogP contribution in [-0.4, -0.2) is 29.8 Å². The van der Waals surface area contributed by atoms with E-state index in [4.69, 9.17) is 4.74 Å². The molecule has 0 spiro atoms. The Labute approximate surface area is 139 Å². The molecule has 1 amide bonds. The van der Waals surface area contributed by atoms with Crippen LogP contribution in [0, 0.1) is 0 Å². The fourth-order valence-electron chi connectivity index (χ4n) is 3.26. The third kappa shape index (κ3) is 5.87. The summed E-state index contributed by atoms with van der Waals surface area (Å²) in [6.07, 6.45) is 6.75. The number of methoxy groups -OCH3 is 1. The number of ether oxygens (including phenoxy) is 1. The molecule has 1 aliphatic rings. The van der Waals surface area contributed by atoms with E-state index in [0.29, 0.717) is 0 Å². The van der Waals surface area contributed by atoms with Gasteiger partial charge in [-0.15, -0.1) is 0 Å². The van der Waals surface area contributed by atoms with E-state index in [2.05, 4.69) is 17.4 Å². The summed E-state index contributed by atoms with van der Waals surface area (Å²) in [7, 11) is 1.66. The summed E-state index contributed by atoms with van der Waals surface area (Å²) in [6.45, 7) is 2.02. The fourth-order valence-corrected chi connectivity index (χ4v) is 3.26. The first-order valence-corrected chi connectivity index (χ1v) is 8.65. The van der Waals surface area contributed by atoms with Crippen LogP contribution in [0.3, 0.4) is 0 Å². The van der Waals surface area contributed by atoms with Gasteiger partial charge in [0, 0.05) is 6.04 Å². The lowest BCUT2D eigenvalue weighted by molar-refractivity contribution is -0.128. The van der Waals surface area contributed by atoms with Crippen molar-refractivity contribution in [3.63, 3.8) is 0 Å². The number of benzene rings is 1. The zero-order valence-corrected chi connectivity index (χ0v) is 14.3. The second kappa shape index (κ2) is 8.34. The summed E-state index contributed by atoms with van der Waals surface area (Å²) in [5, 5.41) is 13.5. The van der Waals surface area contributed by atoms with Gasteiger partial charge in [-0.1, -0.05) is 31.4 Å². The normalized spacial score (nSPS) is 18.2. The molecule has 0 aliphatic heterocycles. The van der Waals surface area contributed by atoms with Crippen molar-refractivity contribution < 1.29 is 14.6 Å². The number of hydrogen-bond acceptors (Lipinski definition) is 3. The number of nitrogens with one attached hydrogen (secondary N) is 1. The Hall–Kier alpha value is -1.55. The molecule has 2 N–H and O–H groups in total. The minimum atomic E-state index is -0.780. The Morgan fingerprint density at radius 2 is 1.91 bits per heavy atom. The molecule has 0 saturated heterocycles. The topological polar surface area (TPSA) is 58.6 Å². The van der Waals surface area contributed by atoms with E-state index in [1.807, 2.05) is 19.1 Å². The molecule has 4 nitrogen and oxygen atoms in total. The van der Waals surface area contributed by atoms with Crippen LogP contribution in [0.25, 0.3) is 0 Å². The smallest absolute Gasteiger partial charge is 0.223 e. The number of aryl methyl sites for hydroxylation is 1. The zero-order valence-electron chi connectivity index (χ0n) is 14.3. The standard InChI is InChI=1S/C19H29NO3/c1-15(6-7-16-8-10-17(23-2)11-9-16)20-18(21)14-19(22)12-4-3-5-13-19/h8-11,15,22H,3-7,12-14H2,1-2H3,(H,20,21). The molecule has 1 aliphatic carbocycles. The minimum absolute atomic E-state index is 0.0309. The molecule has 2 rings (SSSR count). The second-order valence-corrected chi connectivity index (χ2v) is 6.82. The van der Waals surface area contributed by atoms with Crippen molar-refractivity contribution in [1.29, 1.82) is 0 Å². The number of carbonyl (C=O) groups excluding carboxylic acids is 1. The fraction of sp³-hybridized carbons (Fsp3) is 0.632. The van der Waals surface area contributed by atoms with Gasteiger partial charge in [0.1, 0.15) is 5.75 Å². The van der Waals surface area contributed by atoms with Gasteiger partial charge >= 0.3 is 0 Å². The summed E-state index contributed by atoms with van der Waals surface area (Å²) in [4.78, 5) is 12.1. The first kappa shape index (κ1) is 17.8. The molecule has 1 saturated carbocycles. The highest BCUT2D eigenvalue weighted by molar-refractivity contribution is 5.77. The van der Waals surface area contributed by atoms with Gasteiger partial charge in [0.25, 0.3) is 0 Å². The van der Waals surface area contributed by atoms with Crippen LogP contribution in [0.2, 0.25) is 0 Å². The van der Waals surface area contributed by atoms with Gasteiger partial charge in [-0.25, -0.2) is 0 Å². The van der Waals surface area contributed by atoms with Crippen LogP contribution in [0.15, 0.2) is 24.3 Å². The Morgan fingerprint density at radius 3 is 2.52 bits per heavy atom. The maximum Gasteiger partial charge on any atom is 0.223 e. The summed E-state index contributed by atoms with van der Waals surface area (Å²) >= 11 is 0. The van der Waals surface area contributed by atoms with E-state index in [1.165, 1.54) is 12.0 Å². The minimum Gasteiger partial charge on any atom is -0.497 e. The lowest BCUT2D eigenvalue weighted by Gasteiger charge is -2.31. The van der Waals surface area contributed by atoms with Crippen LogP contribution < -0.4 is 10.1 Å². The molecule has 0 radical (unpaired) electrons. The number of rotatable bonds is 7. The molecule has 0 bridgehead atoms. The molecular weight excluding hydrogens is 290 g/mol. The van der Waals surface area contributed by atoms with Gasteiger partial charge in [0.05, 0.1) is 19.1 Å². The van der Waals surface area contributed by atoms with Crippen molar-refractivity contribution in [1.82, 2.24) is 5.32 Å². The molecule has 128 valence electrons. The van der Waals surface area contributed by atoms with E-state index in [0.717, 1.165) is 44.3 Å². The molecule has 1 unspecified atom stereocenters. The molecule has 0 aromatic heterocycles. The zero-order chi connectivity index (χ0) is 16.7. The van der Waals surface area contributed by atoms with Crippen molar-refractivity contribution in [3.8, 4) is 5.75 Å². The van der Waals surface area contributed by atoms with Crippen molar-refractivity contribution in [2.24, 2.45) is 0 Å². The van der Waals surface area contributed by atoms with Crippen molar-refractivity contribution in [2.45, 2.75) is 69.9 Å². The second-order valence-electron chi connectivity index (χ2n) is 6.82. The molecule has 23 heavy (non-hydrogen) atoms. The number of amides is 1. The average Bonchev–Trinajstić information content (AvgIpc) is 2.53. The Bertz CT molecular complexity index is 492. The van der Waals surface area contributed by atoms with Crippen molar-refractivity contribution >= 4 is 5.91 Å². The van der Waals surface area contributed by atoms with E-state index in [-0.39, 0.29) is 18.4 Å². The SMILES string of the molecule is COc1ccc(CCC(C)NC(=O)CC2(O)CCCCC2)cc1. The molecule has 1 aromatic rings. The van der Waals surface area contributed by atoms with Gasteiger partial charge in [-0.3, -0.25) is 4.79 Å². The Morgan fingerprint density at radius 1 is 1.26 bits per heavy atom. The summed E-state index contributed by atoms with van der Waals surface area (Å²) < 4.78 is 5.15. The van der Waals surface area contributed by atoms with Crippen LogP contribution in [0.4, 0.5) is 0 Å². The monoisotopic (exact) mass is 319 g/mol. The molecule has 4 heteroatoms. The maximum absolute atomic E-state index is 12.1. The maximum atomic E-state index is 12.1. The van der Waals surface area contributed by atoms with Crippen molar-refractivity contribution in [2.75, 3.05) is 7.11 Å². The Kier molecular flexibility index (Phi) is 6.46. The number of carbonyl (C=O) groups is 1. The molecular formula is C19H29NO3. The van der Waals surface area contributed by atoms with Crippen LogP contribution >= 0.6 is 0 Å². The van der Waals surface area contributed by atoms with E-state index >= 15 is 0 Å². The highest BCUT2D eigenvalue weighted by Gasteiger charge is 2.31. The highest BCUT2D eigenvalue weighted by atomic mass is 16.5. The van der Waals surface area contributed by atoms with E-state index < -0.39 is 5.60 Å². The van der Waals surface area contributed by atoms with E-state index in [9.17, 15) is 9.90 Å². The third-order valence-corrected chi connectivity index (χ3v) is 4.71. The first-order valence-electron chi connectivity index (χ1n) is 8.65. The highest BCUT2D eigenvalue weighted by Crippen LogP contribution is 2.30. The number of hydrogen-bond donors (Lipinski definition) is 2. The lowest BCUT2D eigenvalue weighted by atomic mass is 9.82. The predicted molar refractivity (Wildman–Crippen MR) is 91.6 cm³/mol. The van der Waals surface area contributed by atoms with Gasteiger partial charge in [0.2, 0.25) is 5.91 Å². The van der Waals surface area contributed by atoms with Crippen LogP contribution in [0.1, 0.15) is 57.4 Å². The van der Waals surface area contributed by atoms with Gasteiger partial charge < -0.3 is 15.2 Å². The summed E-state index contributed by atoms with van der Waals surface area (Å²) in [5.74, 6) is 0.826. The summed E-state index contributed by atoms with van der Waals surface area (Å²) in [6, 6.07) is 8.13. The largest absolute Gasteiger partial charge is 0.497 e. The lowest BCUT2D eigenvalue weighted by Crippen LogP contribution is -2.41. The average molecular weight is 319 g/mol. The molecule has 1 atom stereocenters. The predicted octanol–water partition coefficient (Wildman–Crippen LogP) is 3.22. The van der Waals surface area contributed by atoms with E-state index in [1.54, 1.807) is 7.11 Å². The molecule has 1 aromatic carbocycles. The Balaban J connectivity index is 1.72. The first-order chi connectivity index (χ1) is 11.0. The third-order valence-electron chi connectivity index (χ3n) is 4.71. The van der Waals surface area contributed by atoms with Gasteiger partial charge in [-0.05, 0) is 50.3 Å². The van der Waals surface area contributed by atoms with Crippen LogP contribution in [-0.2, 0) is 11.2 Å². The van der Waals surface area contributed by atoms with Gasteiger partial charge in [-0.2, -0.15) is 0 Å². The molecule has 0 heterocycles. The molecule has 1 fully saturated rings. The van der Waals surface area contributed by atoms with Crippen molar-refractivity contribution in [3.05, 3.63) is 29.8 Å². The quantitative estimate of drug-likeness (QED) is 0.811. The van der Waals surface area contributed by atoms with Gasteiger partial charge in [0.15, 0.2) is 0 Å². The number of aliphatic hydroxyl groups is 1. The van der Waals surface area contributed by atoms with Crippen LogP contribution in [0.5, 0.6) is 5.75 Å². The summed E-state index contributed by atoms with van der Waals surface area (Å²) in [5.41, 5.74) is 0.454.